The summed E-state index contributed by atoms with van der Waals surface area (Å²) in [4.78, 5) is 33.3. The normalized spacial score (nSPS) is 11.2. The van der Waals surface area contributed by atoms with Crippen LogP contribution >= 0.6 is 0 Å². The van der Waals surface area contributed by atoms with Crippen molar-refractivity contribution in [3.63, 3.8) is 0 Å². The van der Waals surface area contributed by atoms with Gasteiger partial charge in [0.1, 0.15) is 19.0 Å². The third-order valence-corrected chi connectivity index (χ3v) is 2.94. The number of aliphatic carboxylic acids is 1. The minimum absolute atomic E-state index is 0.0336. The largest absolute Gasteiger partial charge is 0.489 e. The van der Waals surface area contributed by atoms with Crippen molar-refractivity contribution < 1.29 is 33.7 Å². The quantitative estimate of drug-likeness (QED) is 0.514. The molecule has 0 bridgehead atoms. The molecule has 7 nitrogen and oxygen atoms in total. The maximum atomic E-state index is 11.6. The van der Waals surface area contributed by atoms with Gasteiger partial charge in [-0.1, -0.05) is 24.8 Å². The zero-order chi connectivity index (χ0) is 17.9. The van der Waals surface area contributed by atoms with E-state index in [1.807, 2.05) is 19.1 Å². The van der Waals surface area contributed by atoms with Gasteiger partial charge in [0, 0.05) is 6.08 Å². The van der Waals surface area contributed by atoms with Gasteiger partial charge < -0.3 is 19.3 Å². The molecule has 0 amide bonds. The van der Waals surface area contributed by atoms with Crippen molar-refractivity contribution in [2.45, 2.75) is 25.9 Å². The van der Waals surface area contributed by atoms with Gasteiger partial charge in [-0.15, -0.1) is 0 Å². The number of carboxylic acid groups (broad SMARTS) is 1. The van der Waals surface area contributed by atoms with Crippen LogP contribution in [0, 0.1) is 6.92 Å². The van der Waals surface area contributed by atoms with Crippen LogP contribution in [0.4, 0.5) is 0 Å². The summed E-state index contributed by atoms with van der Waals surface area (Å²) in [6, 6.07) is 7.28. The topological polar surface area (TPSA) is 99.1 Å². The summed E-state index contributed by atoms with van der Waals surface area (Å²) in [5.41, 5.74) is 0.900. The van der Waals surface area contributed by atoms with E-state index in [9.17, 15) is 14.4 Å². The number of esters is 2. The number of hydrogen-bond donors (Lipinski definition) is 1. The van der Waals surface area contributed by atoms with E-state index < -0.39 is 24.0 Å². The van der Waals surface area contributed by atoms with Crippen molar-refractivity contribution in [1.29, 1.82) is 0 Å². The summed E-state index contributed by atoms with van der Waals surface area (Å²) in [6.07, 6.45) is -0.469. The standard InChI is InChI=1S/C17H20O7/c1-3-16(20)23-11-13(24-17(21)9-8-15(18)19)10-22-14-7-5-4-6-12(14)2/h3-7,13H,1,8-11H2,2H3,(H,18,19). The lowest BCUT2D eigenvalue weighted by Crippen LogP contribution is -2.31. The Labute approximate surface area is 139 Å². The van der Waals surface area contributed by atoms with E-state index in [2.05, 4.69) is 6.58 Å². The average Bonchev–Trinajstić information content (AvgIpc) is 2.56. The van der Waals surface area contributed by atoms with E-state index in [0.29, 0.717) is 5.75 Å². The molecule has 1 unspecified atom stereocenters. The number of carbonyl (C=O) groups is 3. The molecule has 130 valence electrons. The fourth-order valence-electron chi connectivity index (χ4n) is 1.71. The van der Waals surface area contributed by atoms with E-state index in [4.69, 9.17) is 19.3 Å². The Hall–Kier alpha value is -2.83. The molecule has 0 aliphatic rings. The lowest BCUT2D eigenvalue weighted by Gasteiger charge is -2.19. The van der Waals surface area contributed by atoms with Crippen molar-refractivity contribution in [3.05, 3.63) is 42.5 Å². The number of carboxylic acids is 1. The molecule has 0 heterocycles. The Morgan fingerprint density at radius 1 is 1.21 bits per heavy atom. The van der Waals surface area contributed by atoms with Crippen LogP contribution in [0.25, 0.3) is 0 Å². The molecule has 1 atom stereocenters. The van der Waals surface area contributed by atoms with Crippen molar-refractivity contribution >= 4 is 17.9 Å². The second-order valence-corrected chi connectivity index (χ2v) is 4.92. The molecule has 1 N–H and O–H groups in total. The van der Waals surface area contributed by atoms with E-state index >= 15 is 0 Å². The average molecular weight is 336 g/mol. The third kappa shape index (κ3) is 7.44. The zero-order valence-electron chi connectivity index (χ0n) is 13.4. The van der Waals surface area contributed by atoms with E-state index in [1.54, 1.807) is 12.1 Å². The second-order valence-electron chi connectivity index (χ2n) is 4.92. The third-order valence-electron chi connectivity index (χ3n) is 2.94. The number of rotatable bonds is 10. The van der Waals surface area contributed by atoms with E-state index in [-0.39, 0.29) is 26.1 Å². The van der Waals surface area contributed by atoms with Crippen molar-refractivity contribution in [2.75, 3.05) is 13.2 Å². The maximum Gasteiger partial charge on any atom is 0.330 e. The lowest BCUT2D eigenvalue weighted by molar-refractivity contribution is -0.159. The molecule has 0 saturated heterocycles. The molecule has 0 aliphatic carbocycles. The van der Waals surface area contributed by atoms with E-state index in [1.165, 1.54) is 0 Å². The predicted molar refractivity (Wildman–Crippen MR) is 84.6 cm³/mol. The van der Waals surface area contributed by atoms with Crippen LogP contribution in [0.1, 0.15) is 18.4 Å². The van der Waals surface area contributed by atoms with Crippen LogP contribution < -0.4 is 4.74 Å². The van der Waals surface area contributed by atoms with Crippen LogP contribution in [-0.4, -0.2) is 42.3 Å². The van der Waals surface area contributed by atoms with Gasteiger partial charge in [-0.25, -0.2) is 4.79 Å². The first-order chi connectivity index (χ1) is 11.4. The maximum absolute atomic E-state index is 11.6. The summed E-state index contributed by atoms with van der Waals surface area (Å²) in [5, 5.41) is 8.57. The molecular formula is C17H20O7. The molecule has 0 spiro atoms. The first-order valence-corrected chi connectivity index (χ1v) is 7.31. The molecule has 0 aliphatic heterocycles. The van der Waals surface area contributed by atoms with Gasteiger partial charge in [0.15, 0.2) is 6.10 Å². The van der Waals surface area contributed by atoms with Crippen molar-refractivity contribution in [1.82, 2.24) is 0 Å². The second kappa shape index (κ2) is 10.0. The predicted octanol–water partition coefficient (Wildman–Crippen LogP) is 1.88. The van der Waals surface area contributed by atoms with Gasteiger partial charge in [0.25, 0.3) is 0 Å². The van der Waals surface area contributed by atoms with Gasteiger partial charge in [-0.3, -0.25) is 9.59 Å². The summed E-state index contributed by atoms with van der Waals surface area (Å²) in [6.45, 7) is 4.89. The highest BCUT2D eigenvalue weighted by atomic mass is 16.6. The van der Waals surface area contributed by atoms with Gasteiger partial charge >= 0.3 is 17.9 Å². The Bertz CT molecular complexity index is 594. The molecule has 24 heavy (non-hydrogen) atoms. The monoisotopic (exact) mass is 336 g/mol. The van der Waals surface area contributed by atoms with Gasteiger partial charge in [-0.05, 0) is 18.6 Å². The molecule has 1 aromatic carbocycles. The number of hydrogen-bond acceptors (Lipinski definition) is 6. The van der Waals surface area contributed by atoms with Crippen molar-refractivity contribution in [2.24, 2.45) is 0 Å². The Morgan fingerprint density at radius 2 is 1.92 bits per heavy atom. The Morgan fingerprint density at radius 3 is 2.54 bits per heavy atom. The fourth-order valence-corrected chi connectivity index (χ4v) is 1.71. The number of para-hydroxylation sites is 1. The highest BCUT2D eigenvalue weighted by Gasteiger charge is 2.18. The van der Waals surface area contributed by atoms with Crippen molar-refractivity contribution in [3.8, 4) is 5.75 Å². The molecule has 7 heteroatoms. The summed E-state index contributed by atoms with van der Waals surface area (Å²) < 4.78 is 15.6. The number of benzene rings is 1. The molecule has 0 fully saturated rings. The summed E-state index contributed by atoms with van der Waals surface area (Å²) in [7, 11) is 0. The van der Waals surface area contributed by atoms with Crippen LogP contribution in [0.2, 0.25) is 0 Å². The van der Waals surface area contributed by atoms with Gasteiger partial charge in [0.2, 0.25) is 0 Å². The number of aryl methyl sites for hydroxylation is 1. The van der Waals surface area contributed by atoms with Crippen LogP contribution in [0.15, 0.2) is 36.9 Å². The Kier molecular flexibility index (Phi) is 8.04. The minimum atomic E-state index is -1.10. The molecule has 0 radical (unpaired) electrons. The van der Waals surface area contributed by atoms with Crippen LogP contribution in [0.5, 0.6) is 5.75 Å². The lowest BCUT2D eigenvalue weighted by atomic mass is 10.2. The first-order valence-electron chi connectivity index (χ1n) is 7.31. The van der Waals surface area contributed by atoms with Crippen LogP contribution in [0.3, 0.4) is 0 Å². The smallest absolute Gasteiger partial charge is 0.330 e. The molecular weight excluding hydrogens is 316 g/mol. The summed E-state index contributed by atoms with van der Waals surface area (Å²) in [5.74, 6) is -1.85. The molecule has 1 rings (SSSR count). The van der Waals surface area contributed by atoms with E-state index in [0.717, 1.165) is 11.6 Å². The molecule has 0 saturated carbocycles. The highest BCUT2D eigenvalue weighted by molar-refractivity contribution is 5.81. The van der Waals surface area contributed by atoms with Gasteiger partial charge in [-0.2, -0.15) is 0 Å². The minimum Gasteiger partial charge on any atom is -0.489 e. The number of ether oxygens (including phenoxy) is 3. The number of carbonyl (C=O) groups excluding carboxylic acids is 2. The fraction of sp³-hybridized carbons (Fsp3) is 0.353. The molecule has 0 aromatic heterocycles. The summed E-state index contributed by atoms with van der Waals surface area (Å²) >= 11 is 0. The zero-order valence-corrected chi connectivity index (χ0v) is 13.4. The Balaban J connectivity index is 2.61. The van der Waals surface area contributed by atoms with Crippen LogP contribution in [-0.2, 0) is 23.9 Å². The first kappa shape index (κ1) is 19.2. The highest BCUT2D eigenvalue weighted by Crippen LogP contribution is 2.16. The van der Waals surface area contributed by atoms with Gasteiger partial charge in [0.05, 0.1) is 12.8 Å². The SMILES string of the molecule is C=CC(=O)OCC(COc1ccccc1C)OC(=O)CCC(=O)O. The molecule has 1 aromatic rings.